The fourth-order valence-electron chi connectivity index (χ4n) is 4.74. The van der Waals surface area contributed by atoms with E-state index in [0.29, 0.717) is 5.92 Å². The molecule has 0 unspecified atom stereocenters. The minimum absolute atomic E-state index is 0.696. The van der Waals surface area contributed by atoms with Crippen LogP contribution in [0.15, 0.2) is 90.5 Å². The molecule has 1 aliphatic carbocycles. The lowest BCUT2D eigenvalue weighted by atomic mass is 9.89. The van der Waals surface area contributed by atoms with Gasteiger partial charge in [-0.25, -0.2) is 0 Å². The molecule has 29 heavy (non-hydrogen) atoms. The van der Waals surface area contributed by atoms with Crippen molar-refractivity contribution in [1.82, 2.24) is 0 Å². The van der Waals surface area contributed by atoms with Gasteiger partial charge in [0.1, 0.15) is 0 Å². The van der Waals surface area contributed by atoms with Gasteiger partial charge in [0.2, 0.25) is 0 Å². The summed E-state index contributed by atoms with van der Waals surface area (Å²) < 4.78 is 0. The number of allylic oxidation sites excluding steroid dienone is 1. The number of benzene rings is 4. The van der Waals surface area contributed by atoms with Gasteiger partial charge in [-0.3, -0.25) is 0 Å². The maximum Gasteiger partial charge on any atom is -0.00575 e. The Kier molecular flexibility index (Phi) is 4.56. The van der Waals surface area contributed by atoms with Gasteiger partial charge in [-0.15, -0.1) is 0 Å². The lowest BCUT2D eigenvalue weighted by molar-refractivity contribution is 0.638. The Morgan fingerprint density at radius 1 is 0.655 bits per heavy atom. The van der Waals surface area contributed by atoms with Crippen molar-refractivity contribution in [3.8, 4) is 22.3 Å². The van der Waals surface area contributed by atoms with E-state index in [-0.39, 0.29) is 0 Å². The molecule has 4 aromatic rings. The summed E-state index contributed by atoms with van der Waals surface area (Å²) in [7, 11) is 0. The second-order valence-electron chi connectivity index (χ2n) is 8.53. The molecule has 5 rings (SSSR count). The van der Waals surface area contributed by atoms with Gasteiger partial charge in [0, 0.05) is 0 Å². The van der Waals surface area contributed by atoms with Crippen LogP contribution in [0.2, 0.25) is 0 Å². The summed E-state index contributed by atoms with van der Waals surface area (Å²) >= 11 is 0. The van der Waals surface area contributed by atoms with Crippen LogP contribution in [0, 0.1) is 5.92 Å². The highest BCUT2D eigenvalue weighted by molar-refractivity contribution is 6.01. The second-order valence-corrected chi connectivity index (χ2v) is 8.53. The third-order valence-electron chi connectivity index (χ3n) is 5.93. The lowest BCUT2D eigenvalue weighted by Crippen LogP contribution is -1.92. The number of hydrogen-bond donors (Lipinski definition) is 0. The first-order valence-corrected chi connectivity index (χ1v) is 10.6. The Labute approximate surface area is 173 Å². The predicted octanol–water partition coefficient (Wildman–Crippen LogP) is 8.16. The lowest BCUT2D eigenvalue weighted by Gasteiger charge is -2.15. The Hall–Kier alpha value is -3.12. The SMILES string of the molecule is CC(C)CC1=Cc2c(cccc2-c2ccccc2-c2cccc3ccccc23)C1. The highest BCUT2D eigenvalue weighted by atomic mass is 14.2. The summed E-state index contributed by atoms with van der Waals surface area (Å²) in [6.07, 6.45) is 4.72. The van der Waals surface area contributed by atoms with Crippen LogP contribution in [0.5, 0.6) is 0 Å². The van der Waals surface area contributed by atoms with Gasteiger partial charge in [-0.1, -0.05) is 110 Å². The molecule has 0 heterocycles. The van der Waals surface area contributed by atoms with Crippen LogP contribution >= 0.6 is 0 Å². The molecule has 0 spiro atoms. The van der Waals surface area contributed by atoms with E-state index in [1.807, 2.05) is 0 Å². The molecule has 0 radical (unpaired) electrons. The fraction of sp³-hybridized carbons (Fsp3) is 0.172. The molecule has 4 aromatic carbocycles. The van der Waals surface area contributed by atoms with Crippen molar-refractivity contribution in [2.75, 3.05) is 0 Å². The highest BCUT2D eigenvalue weighted by Crippen LogP contribution is 2.41. The topological polar surface area (TPSA) is 0 Å². The summed E-state index contributed by atoms with van der Waals surface area (Å²) in [5, 5.41) is 2.60. The Morgan fingerprint density at radius 2 is 1.28 bits per heavy atom. The van der Waals surface area contributed by atoms with Crippen molar-refractivity contribution >= 4 is 16.8 Å². The van der Waals surface area contributed by atoms with Crippen LogP contribution in [0.4, 0.5) is 0 Å². The molecule has 0 aromatic heterocycles. The first-order chi connectivity index (χ1) is 14.2. The average molecular weight is 375 g/mol. The minimum atomic E-state index is 0.696. The van der Waals surface area contributed by atoms with Crippen LogP contribution in [0.25, 0.3) is 39.1 Å². The van der Waals surface area contributed by atoms with Crippen LogP contribution in [0.3, 0.4) is 0 Å². The highest BCUT2D eigenvalue weighted by Gasteiger charge is 2.19. The van der Waals surface area contributed by atoms with Crippen LogP contribution in [-0.2, 0) is 6.42 Å². The van der Waals surface area contributed by atoms with Gasteiger partial charge in [0.15, 0.2) is 0 Å². The Balaban J connectivity index is 1.70. The molecule has 142 valence electrons. The number of rotatable bonds is 4. The maximum absolute atomic E-state index is 2.45. The average Bonchev–Trinajstić information content (AvgIpc) is 3.15. The van der Waals surface area contributed by atoms with E-state index in [2.05, 4.69) is 105 Å². The van der Waals surface area contributed by atoms with Crippen molar-refractivity contribution in [3.05, 3.63) is 102 Å². The molecule has 0 N–H and O–H groups in total. The molecule has 0 aliphatic heterocycles. The van der Waals surface area contributed by atoms with Crippen molar-refractivity contribution in [2.24, 2.45) is 5.92 Å². The van der Waals surface area contributed by atoms with Crippen molar-refractivity contribution in [1.29, 1.82) is 0 Å². The van der Waals surface area contributed by atoms with Crippen LogP contribution in [-0.4, -0.2) is 0 Å². The van der Waals surface area contributed by atoms with Crippen LogP contribution < -0.4 is 0 Å². The fourth-order valence-corrected chi connectivity index (χ4v) is 4.74. The molecule has 0 bridgehead atoms. The quantitative estimate of drug-likeness (QED) is 0.338. The van der Waals surface area contributed by atoms with Crippen molar-refractivity contribution in [3.63, 3.8) is 0 Å². The maximum atomic E-state index is 2.45. The van der Waals surface area contributed by atoms with Crippen LogP contribution in [0.1, 0.15) is 31.4 Å². The van der Waals surface area contributed by atoms with Gasteiger partial charge in [-0.2, -0.15) is 0 Å². The van der Waals surface area contributed by atoms with E-state index in [9.17, 15) is 0 Å². The van der Waals surface area contributed by atoms with E-state index < -0.39 is 0 Å². The molecular formula is C29H26. The Morgan fingerprint density at radius 3 is 2.10 bits per heavy atom. The van der Waals surface area contributed by atoms with Gasteiger partial charge in [0.25, 0.3) is 0 Å². The molecule has 0 heteroatoms. The number of fused-ring (bicyclic) bond motifs is 2. The van der Waals surface area contributed by atoms with Gasteiger partial charge in [-0.05, 0) is 62.9 Å². The zero-order valence-corrected chi connectivity index (χ0v) is 17.2. The predicted molar refractivity (Wildman–Crippen MR) is 126 cm³/mol. The summed E-state index contributed by atoms with van der Waals surface area (Å²) in [6.45, 7) is 4.61. The zero-order chi connectivity index (χ0) is 19.8. The molecule has 0 atom stereocenters. The largest absolute Gasteiger partial charge is 0.0649 e. The van der Waals surface area contributed by atoms with E-state index in [1.54, 1.807) is 5.57 Å². The molecule has 0 amide bonds. The summed E-state index contributed by atoms with van der Waals surface area (Å²) in [5.41, 5.74) is 9.73. The zero-order valence-electron chi connectivity index (χ0n) is 17.2. The standard InChI is InChI=1S/C29H26/c1-20(2)17-21-18-23-11-8-16-28(29(23)19-21)27-14-6-5-13-26(27)25-15-7-10-22-9-3-4-12-24(22)25/h3-16,19-20H,17-18H2,1-2H3. The molecular weight excluding hydrogens is 348 g/mol. The molecule has 0 fully saturated rings. The third kappa shape index (κ3) is 3.29. The van der Waals surface area contributed by atoms with E-state index >= 15 is 0 Å². The normalized spacial score (nSPS) is 13.0. The van der Waals surface area contributed by atoms with Gasteiger partial charge >= 0.3 is 0 Å². The molecule has 1 aliphatic rings. The summed E-state index contributed by atoms with van der Waals surface area (Å²) in [4.78, 5) is 0. The third-order valence-corrected chi connectivity index (χ3v) is 5.93. The first kappa shape index (κ1) is 17.9. The Bertz CT molecular complexity index is 1220. The smallest absolute Gasteiger partial charge is 0.00575 e. The number of hydrogen-bond acceptors (Lipinski definition) is 0. The van der Waals surface area contributed by atoms with E-state index in [1.165, 1.54) is 50.6 Å². The summed E-state index contributed by atoms with van der Waals surface area (Å²) in [5.74, 6) is 0.696. The second kappa shape index (κ2) is 7.37. The molecule has 0 saturated carbocycles. The van der Waals surface area contributed by atoms with Crippen molar-refractivity contribution in [2.45, 2.75) is 26.7 Å². The van der Waals surface area contributed by atoms with E-state index in [4.69, 9.17) is 0 Å². The van der Waals surface area contributed by atoms with Crippen molar-refractivity contribution < 1.29 is 0 Å². The van der Waals surface area contributed by atoms with Gasteiger partial charge in [0.05, 0.1) is 0 Å². The summed E-state index contributed by atoms with van der Waals surface area (Å²) in [6, 6.07) is 31.0. The minimum Gasteiger partial charge on any atom is -0.0649 e. The molecule has 0 saturated heterocycles. The molecule has 0 nitrogen and oxygen atoms in total. The van der Waals surface area contributed by atoms with E-state index in [0.717, 1.165) is 6.42 Å². The van der Waals surface area contributed by atoms with Gasteiger partial charge < -0.3 is 0 Å². The monoisotopic (exact) mass is 374 g/mol. The first-order valence-electron chi connectivity index (χ1n) is 10.6.